The van der Waals surface area contributed by atoms with Gasteiger partial charge in [-0.3, -0.25) is 0 Å². The molecule has 5 nitrogen and oxygen atoms in total. The van der Waals surface area contributed by atoms with Gasteiger partial charge in [0.15, 0.2) is 17.5 Å². The fourth-order valence-corrected chi connectivity index (χ4v) is 1.59. The molecule has 0 saturated heterocycles. The minimum atomic E-state index is 0.277. The molecule has 92 valence electrons. The van der Waals surface area contributed by atoms with Crippen LogP contribution in [0.15, 0.2) is 23.2 Å². The summed E-state index contributed by atoms with van der Waals surface area (Å²) < 4.78 is 10.7. The molecule has 0 amide bonds. The second kappa shape index (κ2) is 5.43. The Bertz CT molecular complexity index is 418. The van der Waals surface area contributed by atoms with E-state index < -0.39 is 0 Å². The number of ether oxygens (including phenoxy) is 2. The van der Waals surface area contributed by atoms with Gasteiger partial charge in [-0.2, -0.15) is 0 Å². The van der Waals surface area contributed by atoms with Gasteiger partial charge in [-0.1, -0.05) is 19.1 Å². The summed E-state index contributed by atoms with van der Waals surface area (Å²) >= 11 is 0. The van der Waals surface area contributed by atoms with Crippen LogP contribution in [0.4, 0.5) is 0 Å². The van der Waals surface area contributed by atoms with Gasteiger partial charge in [0.25, 0.3) is 0 Å². The molecule has 1 aliphatic heterocycles. The van der Waals surface area contributed by atoms with Gasteiger partial charge in [0.05, 0.1) is 6.54 Å². The third-order valence-corrected chi connectivity index (χ3v) is 2.45. The van der Waals surface area contributed by atoms with Crippen LogP contribution in [0.1, 0.15) is 18.9 Å². The van der Waals surface area contributed by atoms with Crippen LogP contribution in [0.2, 0.25) is 0 Å². The van der Waals surface area contributed by atoms with Crippen molar-refractivity contribution in [3.05, 3.63) is 23.8 Å². The van der Waals surface area contributed by atoms with E-state index in [0.717, 1.165) is 30.0 Å². The number of benzene rings is 1. The van der Waals surface area contributed by atoms with E-state index >= 15 is 0 Å². The van der Waals surface area contributed by atoms with E-state index in [1.165, 1.54) is 0 Å². The molecule has 0 spiro atoms. The monoisotopic (exact) mass is 235 g/mol. The Kier molecular flexibility index (Phi) is 3.69. The first kappa shape index (κ1) is 11.6. The molecule has 0 fully saturated rings. The summed E-state index contributed by atoms with van der Waals surface area (Å²) in [5.41, 5.74) is 6.71. The van der Waals surface area contributed by atoms with Crippen LogP contribution in [-0.4, -0.2) is 19.3 Å². The Morgan fingerprint density at radius 1 is 1.47 bits per heavy atom. The molecule has 1 aromatic carbocycles. The molecule has 3 N–H and O–H groups in total. The minimum absolute atomic E-state index is 0.277. The summed E-state index contributed by atoms with van der Waals surface area (Å²) in [6.45, 7) is 3.69. The fourth-order valence-electron chi connectivity index (χ4n) is 1.59. The summed E-state index contributed by atoms with van der Waals surface area (Å²) in [6.07, 6.45) is 1.02. The Hall–Kier alpha value is -1.91. The smallest absolute Gasteiger partial charge is 0.231 e. The van der Waals surface area contributed by atoms with Crippen LogP contribution in [0.25, 0.3) is 0 Å². The van der Waals surface area contributed by atoms with Crippen molar-refractivity contribution in [1.29, 1.82) is 0 Å². The summed E-state index contributed by atoms with van der Waals surface area (Å²) in [6, 6.07) is 5.77. The van der Waals surface area contributed by atoms with Gasteiger partial charge in [-0.15, -0.1) is 0 Å². The zero-order chi connectivity index (χ0) is 12.1. The Labute approximate surface area is 101 Å². The SMILES string of the molecule is CCCNC(N)=NCc1cccc2c1OCO2. The highest BCUT2D eigenvalue weighted by molar-refractivity contribution is 5.77. The molecule has 0 aliphatic carbocycles. The van der Waals surface area contributed by atoms with Crippen molar-refractivity contribution in [3.8, 4) is 11.5 Å². The van der Waals surface area contributed by atoms with Gasteiger partial charge in [0.2, 0.25) is 6.79 Å². The molecule has 1 aliphatic rings. The van der Waals surface area contributed by atoms with Crippen molar-refractivity contribution >= 4 is 5.96 Å². The molecule has 0 saturated carbocycles. The molecule has 1 heterocycles. The molecule has 17 heavy (non-hydrogen) atoms. The molecule has 0 bridgehead atoms. The third kappa shape index (κ3) is 2.81. The summed E-state index contributed by atoms with van der Waals surface area (Å²) in [7, 11) is 0. The molecule has 2 rings (SSSR count). The summed E-state index contributed by atoms with van der Waals surface area (Å²) in [5.74, 6) is 2.01. The third-order valence-electron chi connectivity index (χ3n) is 2.45. The number of nitrogens with two attached hydrogens (primary N) is 1. The second-order valence-electron chi connectivity index (χ2n) is 3.78. The van der Waals surface area contributed by atoms with Gasteiger partial charge >= 0.3 is 0 Å². The first-order chi connectivity index (χ1) is 8.31. The minimum Gasteiger partial charge on any atom is -0.454 e. The number of hydrogen-bond acceptors (Lipinski definition) is 3. The van der Waals surface area contributed by atoms with Gasteiger partial charge in [-0.25, -0.2) is 4.99 Å². The maximum Gasteiger partial charge on any atom is 0.231 e. The normalized spacial score (nSPS) is 13.8. The Morgan fingerprint density at radius 3 is 3.18 bits per heavy atom. The lowest BCUT2D eigenvalue weighted by atomic mass is 10.2. The summed E-state index contributed by atoms with van der Waals surface area (Å²) in [4.78, 5) is 4.26. The summed E-state index contributed by atoms with van der Waals surface area (Å²) in [5, 5.41) is 3.03. The zero-order valence-corrected chi connectivity index (χ0v) is 9.90. The number of nitrogens with one attached hydrogen (secondary N) is 1. The van der Waals surface area contributed by atoms with E-state index in [2.05, 4.69) is 17.2 Å². The molecule has 0 radical (unpaired) electrons. The number of rotatable bonds is 4. The standard InChI is InChI=1S/C12H17N3O2/c1-2-6-14-12(13)15-7-9-4-3-5-10-11(9)17-8-16-10/h3-5H,2,6-8H2,1H3,(H3,13,14,15). The lowest BCUT2D eigenvalue weighted by Gasteiger charge is -2.05. The van der Waals surface area contributed by atoms with Gasteiger partial charge in [-0.05, 0) is 12.5 Å². The molecular formula is C12H17N3O2. The Morgan fingerprint density at radius 2 is 2.35 bits per heavy atom. The predicted octanol–water partition coefficient (Wildman–Crippen LogP) is 1.23. The molecule has 1 aromatic rings. The van der Waals surface area contributed by atoms with Crippen LogP contribution >= 0.6 is 0 Å². The van der Waals surface area contributed by atoms with Gasteiger partial charge in [0.1, 0.15) is 0 Å². The highest BCUT2D eigenvalue weighted by atomic mass is 16.7. The lowest BCUT2D eigenvalue weighted by molar-refractivity contribution is 0.173. The van der Waals surface area contributed by atoms with Crippen LogP contribution in [-0.2, 0) is 6.54 Å². The van der Waals surface area contributed by atoms with Crippen LogP contribution < -0.4 is 20.5 Å². The van der Waals surface area contributed by atoms with Crippen molar-refractivity contribution in [2.75, 3.05) is 13.3 Å². The number of guanidine groups is 1. The fraction of sp³-hybridized carbons (Fsp3) is 0.417. The van der Waals surface area contributed by atoms with Gasteiger partial charge in [0, 0.05) is 12.1 Å². The molecule has 5 heteroatoms. The zero-order valence-electron chi connectivity index (χ0n) is 9.90. The lowest BCUT2D eigenvalue weighted by Crippen LogP contribution is -2.32. The van der Waals surface area contributed by atoms with Crippen molar-refractivity contribution in [2.24, 2.45) is 10.7 Å². The van der Waals surface area contributed by atoms with Crippen molar-refractivity contribution in [1.82, 2.24) is 5.32 Å². The van der Waals surface area contributed by atoms with Gasteiger partial charge < -0.3 is 20.5 Å². The number of aliphatic imine (C=N–C) groups is 1. The molecule has 0 unspecified atom stereocenters. The van der Waals surface area contributed by atoms with E-state index in [9.17, 15) is 0 Å². The average Bonchev–Trinajstić information content (AvgIpc) is 2.82. The van der Waals surface area contributed by atoms with E-state index in [0.29, 0.717) is 12.5 Å². The number of nitrogens with zero attached hydrogens (tertiary/aromatic N) is 1. The number of hydrogen-bond donors (Lipinski definition) is 2. The molecule has 0 aromatic heterocycles. The highest BCUT2D eigenvalue weighted by Gasteiger charge is 2.16. The highest BCUT2D eigenvalue weighted by Crippen LogP contribution is 2.35. The largest absolute Gasteiger partial charge is 0.454 e. The molecule has 0 atom stereocenters. The van der Waals surface area contributed by atoms with E-state index in [1.807, 2.05) is 18.2 Å². The van der Waals surface area contributed by atoms with E-state index in [1.54, 1.807) is 0 Å². The van der Waals surface area contributed by atoms with Crippen LogP contribution in [0.5, 0.6) is 11.5 Å². The quantitative estimate of drug-likeness (QED) is 0.608. The topological polar surface area (TPSA) is 68.9 Å². The number of fused-ring (bicyclic) bond motifs is 1. The van der Waals surface area contributed by atoms with Crippen molar-refractivity contribution in [3.63, 3.8) is 0 Å². The van der Waals surface area contributed by atoms with Crippen LogP contribution in [0.3, 0.4) is 0 Å². The molecular weight excluding hydrogens is 218 g/mol. The van der Waals surface area contributed by atoms with E-state index in [4.69, 9.17) is 15.2 Å². The Balaban J connectivity index is 2.02. The van der Waals surface area contributed by atoms with Crippen LogP contribution in [0, 0.1) is 0 Å². The maximum absolute atomic E-state index is 5.72. The second-order valence-corrected chi connectivity index (χ2v) is 3.78. The first-order valence-electron chi connectivity index (χ1n) is 5.72. The average molecular weight is 235 g/mol. The maximum atomic E-state index is 5.72. The van der Waals surface area contributed by atoms with E-state index in [-0.39, 0.29) is 6.79 Å². The predicted molar refractivity (Wildman–Crippen MR) is 66.2 cm³/mol. The van der Waals surface area contributed by atoms with Crippen molar-refractivity contribution < 1.29 is 9.47 Å². The van der Waals surface area contributed by atoms with Crippen molar-refractivity contribution in [2.45, 2.75) is 19.9 Å². The first-order valence-corrected chi connectivity index (χ1v) is 5.72. The number of para-hydroxylation sites is 1.